The van der Waals surface area contributed by atoms with Gasteiger partial charge in [0.1, 0.15) is 6.29 Å². The molecule has 0 saturated carbocycles. The molecule has 2 nitrogen and oxygen atoms in total. The summed E-state index contributed by atoms with van der Waals surface area (Å²) in [5, 5.41) is 3.50. The van der Waals surface area contributed by atoms with Crippen LogP contribution in [0.2, 0.25) is 0 Å². The number of hydrogen-bond acceptors (Lipinski definition) is 2. The van der Waals surface area contributed by atoms with Gasteiger partial charge in [0.25, 0.3) is 0 Å². The molecule has 0 aliphatic carbocycles. The molecule has 0 spiro atoms. The van der Waals surface area contributed by atoms with Crippen molar-refractivity contribution in [2.24, 2.45) is 0 Å². The van der Waals surface area contributed by atoms with Gasteiger partial charge in [-0.2, -0.15) is 0 Å². The highest BCUT2D eigenvalue weighted by atomic mass is 16.1. The summed E-state index contributed by atoms with van der Waals surface area (Å²) in [4.78, 5) is 10.4. The van der Waals surface area contributed by atoms with Crippen molar-refractivity contribution >= 4 is 12.0 Å². The van der Waals surface area contributed by atoms with Crippen molar-refractivity contribution in [2.75, 3.05) is 11.9 Å². The van der Waals surface area contributed by atoms with Crippen LogP contribution in [0.4, 0.5) is 5.69 Å². The fraction of sp³-hybridized carbons (Fsp3) is 0.708. The Kier molecular flexibility index (Phi) is 15.0. The summed E-state index contributed by atoms with van der Waals surface area (Å²) in [6, 6.07) is 8.50. The molecular weight excluding hydrogens is 318 g/mol. The van der Waals surface area contributed by atoms with Crippen LogP contribution in [0.1, 0.15) is 102 Å². The maximum absolute atomic E-state index is 10.4. The Morgan fingerprint density at radius 1 is 0.731 bits per heavy atom. The fourth-order valence-corrected chi connectivity index (χ4v) is 3.39. The number of rotatable bonds is 18. The van der Waals surface area contributed by atoms with E-state index in [2.05, 4.69) is 36.5 Å². The maximum atomic E-state index is 10.4. The molecular formula is C24H41NO. The van der Waals surface area contributed by atoms with E-state index in [1.807, 2.05) is 0 Å². The van der Waals surface area contributed by atoms with Crippen LogP contribution in [0.15, 0.2) is 24.3 Å². The Bertz CT molecular complexity index is 426. The molecule has 148 valence electrons. The van der Waals surface area contributed by atoms with Gasteiger partial charge >= 0.3 is 0 Å². The van der Waals surface area contributed by atoms with Gasteiger partial charge in [-0.3, -0.25) is 0 Å². The summed E-state index contributed by atoms with van der Waals surface area (Å²) < 4.78 is 0. The second-order valence-electron chi connectivity index (χ2n) is 7.57. The molecule has 0 aliphatic heterocycles. The Morgan fingerprint density at radius 2 is 1.23 bits per heavy atom. The normalized spacial score (nSPS) is 10.8. The summed E-state index contributed by atoms with van der Waals surface area (Å²) in [5.41, 5.74) is 2.43. The number of nitrogens with one attached hydrogen (secondary N) is 1. The molecule has 0 saturated heterocycles. The van der Waals surface area contributed by atoms with Gasteiger partial charge in [0.2, 0.25) is 0 Å². The van der Waals surface area contributed by atoms with E-state index in [1.54, 1.807) is 0 Å². The number of aldehydes is 1. The zero-order valence-corrected chi connectivity index (χ0v) is 17.1. The third-order valence-corrected chi connectivity index (χ3v) is 5.11. The zero-order chi connectivity index (χ0) is 18.7. The van der Waals surface area contributed by atoms with Crippen LogP contribution in [0, 0.1) is 0 Å². The number of unbranched alkanes of at least 4 members (excludes halogenated alkanes) is 12. The third-order valence-electron chi connectivity index (χ3n) is 5.11. The van der Waals surface area contributed by atoms with E-state index in [9.17, 15) is 4.79 Å². The van der Waals surface area contributed by atoms with E-state index in [0.717, 1.165) is 19.3 Å². The van der Waals surface area contributed by atoms with Gasteiger partial charge in [0.05, 0.1) is 0 Å². The molecule has 1 N–H and O–H groups in total. The molecule has 1 aromatic carbocycles. The van der Waals surface area contributed by atoms with Crippen molar-refractivity contribution in [1.82, 2.24) is 0 Å². The molecule has 2 heteroatoms. The van der Waals surface area contributed by atoms with E-state index < -0.39 is 0 Å². The van der Waals surface area contributed by atoms with Crippen molar-refractivity contribution < 1.29 is 4.79 Å². The number of benzene rings is 1. The molecule has 0 amide bonds. The largest absolute Gasteiger partial charge is 0.385 e. The first-order valence-electron chi connectivity index (χ1n) is 11.1. The quantitative estimate of drug-likeness (QED) is 0.220. The van der Waals surface area contributed by atoms with Gasteiger partial charge in [0.15, 0.2) is 0 Å². The van der Waals surface area contributed by atoms with Crippen molar-refractivity contribution in [3.63, 3.8) is 0 Å². The van der Waals surface area contributed by atoms with Gasteiger partial charge in [0, 0.05) is 18.7 Å². The topological polar surface area (TPSA) is 29.1 Å². The lowest BCUT2D eigenvalue weighted by Gasteiger charge is -2.07. The molecule has 0 bridgehead atoms. The lowest BCUT2D eigenvalue weighted by Crippen LogP contribution is -2.01. The van der Waals surface area contributed by atoms with Crippen molar-refractivity contribution in [3.05, 3.63) is 29.8 Å². The molecule has 0 aliphatic rings. The minimum absolute atomic E-state index is 0.617. The van der Waals surface area contributed by atoms with E-state index >= 15 is 0 Å². The van der Waals surface area contributed by atoms with Gasteiger partial charge in [-0.05, 0) is 30.5 Å². The van der Waals surface area contributed by atoms with Crippen LogP contribution in [-0.4, -0.2) is 12.8 Å². The van der Waals surface area contributed by atoms with Gasteiger partial charge in [-0.15, -0.1) is 0 Å². The first-order valence-corrected chi connectivity index (χ1v) is 11.1. The van der Waals surface area contributed by atoms with Gasteiger partial charge < -0.3 is 10.1 Å². The Hall–Kier alpha value is -1.31. The van der Waals surface area contributed by atoms with E-state index in [-0.39, 0.29) is 0 Å². The molecule has 0 radical (unpaired) electrons. The Balaban J connectivity index is 1.85. The molecule has 0 heterocycles. The zero-order valence-electron chi connectivity index (χ0n) is 17.1. The third kappa shape index (κ3) is 13.0. The number of hydrogen-bond donors (Lipinski definition) is 1. The highest BCUT2D eigenvalue weighted by Gasteiger charge is 1.96. The molecule has 26 heavy (non-hydrogen) atoms. The predicted octanol–water partition coefficient (Wildman–Crippen LogP) is 7.32. The van der Waals surface area contributed by atoms with Crippen molar-refractivity contribution in [1.29, 1.82) is 0 Å². The highest BCUT2D eigenvalue weighted by molar-refractivity contribution is 5.51. The molecule has 1 rings (SSSR count). The van der Waals surface area contributed by atoms with Crippen LogP contribution < -0.4 is 5.32 Å². The van der Waals surface area contributed by atoms with Gasteiger partial charge in [-0.25, -0.2) is 0 Å². The number of aryl methyl sites for hydroxylation is 1. The molecule has 1 aromatic rings. The first-order chi connectivity index (χ1) is 12.9. The molecule has 0 aromatic heterocycles. The van der Waals surface area contributed by atoms with Crippen molar-refractivity contribution in [2.45, 2.75) is 103 Å². The fourth-order valence-electron chi connectivity index (χ4n) is 3.39. The maximum Gasteiger partial charge on any atom is 0.120 e. The summed E-state index contributed by atoms with van der Waals surface area (Å²) >= 11 is 0. The Morgan fingerprint density at radius 3 is 1.73 bits per heavy atom. The van der Waals surface area contributed by atoms with E-state index in [4.69, 9.17) is 0 Å². The van der Waals surface area contributed by atoms with Gasteiger partial charge in [-0.1, -0.05) is 96.1 Å². The number of carbonyl (C=O) groups is 1. The lowest BCUT2D eigenvalue weighted by molar-refractivity contribution is -0.107. The minimum atomic E-state index is 0.617. The van der Waals surface area contributed by atoms with Crippen LogP contribution in [0.3, 0.4) is 0 Å². The second kappa shape index (κ2) is 17.1. The summed E-state index contributed by atoms with van der Waals surface area (Å²) in [6.45, 7) is 3.34. The number of carbonyl (C=O) groups excluding carboxylic acids is 1. The Labute approximate surface area is 162 Å². The average molecular weight is 360 g/mol. The predicted molar refractivity (Wildman–Crippen MR) is 115 cm³/mol. The van der Waals surface area contributed by atoms with Crippen molar-refractivity contribution in [3.8, 4) is 0 Å². The summed E-state index contributed by atoms with van der Waals surface area (Å²) in [7, 11) is 0. The first kappa shape index (κ1) is 22.7. The van der Waals surface area contributed by atoms with Crippen LogP contribution >= 0.6 is 0 Å². The lowest BCUT2D eigenvalue weighted by atomic mass is 10.0. The molecule has 0 fully saturated rings. The monoisotopic (exact) mass is 359 g/mol. The summed E-state index contributed by atoms with van der Waals surface area (Å²) in [5.74, 6) is 0. The standard InChI is InChI=1S/C24H41NO/c1-2-3-4-5-6-7-8-9-10-11-12-13-14-21-25-24-19-17-23(18-20-24)16-15-22-26/h17-20,22,25H,2-16,21H2,1H3. The smallest absolute Gasteiger partial charge is 0.120 e. The highest BCUT2D eigenvalue weighted by Crippen LogP contribution is 2.13. The summed E-state index contributed by atoms with van der Waals surface area (Å²) in [6.07, 6.45) is 20.7. The molecule has 0 unspecified atom stereocenters. The minimum Gasteiger partial charge on any atom is -0.385 e. The average Bonchev–Trinajstić information content (AvgIpc) is 2.67. The number of anilines is 1. The van der Waals surface area contributed by atoms with Crippen LogP contribution in [0.25, 0.3) is 0 Å². The van der Waals surface area contributed by atoms with Crippen LogP contribution in [0.5, 0.6) is 0 Å². The van der Waals surface area contributed by atoms with Crippen LogP contribution in [-0.2, 0) is 11.2 Å². The molecule has 0 atom stereocenters. The van der Waals surface area contributed by atoms with E-state index in [1.165, 1.54) is 94.7 Å². The SMILES string of the molecule is CCCCCCCCCCCCCCCNc1ccc(CCC=O)cc1. The second-order valence-corrected chi connectivity index (χ2v) is 7.57. The van der Waals surface area contributed by atoms with E-state index in [0.29, 0.717) is 6.42 Å².